The number of nitrogens with zero attached hydrogens (tertiary/aromatic N) is 3. The maximum Gasteiger partial charge on any atom is 0.148 e. The number of aliphatic hydroxyl groups excluding tert-OH is 1. The maximum absolute atomic E-state index is 9.54. The molecule has 1 aromatic heterocycles. The number of nitrogens with two attached hydrogens (primary N) is 1. The van der Waals surface area contributed by atoms with Crippen molar-refractivity contribution < 1.29 is 5.11 Å². The highest BCUT2D eigenvalue weighted by atomic mass is 16.3. The van der Waals surface area contributed by atoms with Gasteiger partial charge in [0.25, 0.3) is 0 Å². The number of hydrogen-bond donors (Lipinski definition) is 3. The van der Waals surface area contributed by atoms with Gasteiger partial charge in [0, 0.05) is 12.1 Å². The van der Waals surface area contributed by atoms with E-state index in [1.807, 2.05) is 6.92 Å². The lowest BCUT2D eigenvalue weighted by Gasteiger charge is -2.31. The fraction of sp³-hybridized carbons (Fsp3) is 0.667. The quantitative estimate of drug-likeness (QED) is 0.544. The van der Waals surface area contributed by atoms with Crippen molar-refractivity contribution in [3.63, 3.8) is 0 Å². The smallest absolute Gasteiger partial charge is 0.148 e. The summed E-state index contributed by atoms with van der Waals surface area (Å²) in [7, 11) is 0. The molecule has 0 spiro atoms. The molecule has 0 aromatic carbocycles. The van der Waals surface area contributed by atoms with Gasteiger partial charge in [-0.3, -0.25) is 0 Å². The molecule has 0 amide bonds. The highest BCUT2D eigenvalue weighted by Crippen LogP contribution is 2.27. The molecule has 6 heteroatoms. The topological polar surface area (TPSA) is 87.3 Å². The molecule has 1 saturated heterocycles. The van der Waals surface area contributed by atoms with Crippen LogP contribution in [-0.4, -0.2) is 34.3 Å². The molecule has 0 radical (unpaired) electrons. The highest BCUT2D eigenvalue weighted by Gasteiger charge is 2.23. The number of nitrogens with one attached hydrogen (secondary N) is 1. The van der Waals surface area contributed by atoms with Crippen LogP contribution in [0.2, 0.25) is 0 Å². The molecule has 18 heavy (non-hydrogen) atoms. The van der Waals surface area contributed by atoms with E-state index in [0.717, 1.165) is 37.2 Å². The molecule has 0 aliphatic carbocycles. The Hall–Kier alpha value is -1.40. The van der Waals surface area contributed by atoms with E-state index in [1.54, 1.807) is 0 Å². The van der Waals surface area contributed by atoms with Crippen molar-refractivity contribution in [2.45, 2.75) is 38.6 Å². The van der Waals surface area contributed by atoms with Crippen LogP contribution in [-0.2, 0) is 0 Å². The number of anilines is 2. The van der Waals surface area contributed by atoms with Gasteiger partial charge in [-0.05, 0) is 19.8 Å². The van der Waals surface area contributed by atoms with Crippen LogP contribution < -0.4 is 16.2 Å². The third-order valence-electron chi connectivity index (χ3n) is 3.55. The Morgan fingerprint density at radius 1 is 1.44 bits per heavy atom. The zero-order chi connectivity index (χ0) is 13.0. The maximum atomic E-state index is 9.54. The molecule has 100 valence electrons. The van der Waals surface area contributed by atoms with Crippen LogP contribution >= 0.6 is 0 Å². The number of rotatable bonds is 3. The molecule has 1 unspecified atom stereocenters. The number of nitrogen functional groups attached to an aromatic ring is 1. The first-order valence-corrected chi connectivity index (χ1v) is 6.43. The zero-order valence-corrected chi connectivity index (χ0v) is 10.8. The van der Waals surface area contributed by atoms with Gasteiger partial charge in [0.1, 0.15) is 18.0 Å². The Morgan fingerprint density at radius 2 is 2.28 bits per heavy atom. The van der Waals surface area contributed by atoms with E-state index in [0.29, 0.717) is 5.82 Å². The summed E-state index contributed by atoms with van der Waals surface area (Å²) in [6, 6.07) is 0.145. The van der Waals surface area contributed by atoms with Crippen LogP contribution in [0, 0.1) is 6.92 Å². The Labute approximate surface area is 107 Å². The van der Waals surface area contributed by atoms with Gasteiger partial charge in [-0.1, -0.05) is 12.8 Å². The SMILES string of the molecule is Cc1c(NN)ncnc1N1CCCCCC1CO. The summed E-state index contributed by atoms with van der Waals surface area (Å²) in [4.78, 5) is 10.6. The van der Waals surface area contributed by atoms with Crippen LogP contribution in [0.3, 0.4) is 0 Å². The summed E-state index contributed by atoms with van der Waals surface area (Å²) in [5.74, 6) is 6.95. The van der Waals surface area contributed by atoms with Gasteiger partial charge >= 0.3 is 0 Å². The zero-order valence-electron chi connectivity index (χ0n) is 10.8. The average molecular weight is 251 g/mol. The van der Waals surface area contributed by atoms with Gasteiger partial charge in [0.15, 0.2) is 0 Å². The summed E-state index contributed by atoms with van der Waals surface area (Å²) in [6.07, 6.45) is 6.01. The minimum Gasteiger partial charge on any atom is -0.394 e. The molecule has 2 heterocycles. The molecule has 2 rings (SSSR count). The molecule has 0 saturated carbocycles. The van der Waals surface area contributed by atoms with E-state index < -0.39 is 0 Å². The second kappa shape index (κ2) is 5.97. The molecule has 1 aliphatic heterocycles. The third kappa shape index (κ3) is 2.54. The van der Waals surface area contributed by atoms with E-state index in [9.17, 15) is 5.11 Å². The van der Waals surface area contributed by atoms with Gasteiger partial charge in [0.2, 0.25) is 0 Å². The van der Waals surface area contributed by atoms with E-state index in [2.05, 4.69) is 20.3 Å². The van der Waals surface area contributed by atoms with Crippen molar-refractivity contribution in [3.05, 3.63) is 11.9 Å². The fourth-order valence-electron chi connectivity index (χ4n) is 2.52. The third-order valence-corrected chi connectivity index (χ3v) is 3.55. The van der Waals surface area contributed by atoms with Gasteiger partial charge in [-0.25, -0.2) is 15.8 Å². The molecule has 4 N–H and O–H groups in total. The van der Waals surface area contributed by atoms with Crippen molar-refractivity contribution in [3.8, 4) is 0 Å². The molecule has 0 bridgehead atoms. The van der Waals surface area contributed by atoms with Gasteiger partial charge < -0.3 is 15.4 Å². The van der Waals surface area contributed by atoms with Gasteiger partial charge in [-0.2, -0.15) is 0 Å². The minimum atomic E-state index is 0.145. The largest absolute Gasteiger partial charge is 0.394 e. The van der Waals surface area contributed by atoms with Crippen LogP contribution in [0.5, 0.6) is 0 Å². The molecule has 1 atom stereocenters. The Bertz CT molecular complexity index is 398. The molecule has 6 nitrogen and oxygen atoms in total. The van der Waals surface area contributed by atoms with E-state index in [4.69, 9.17) is 5.84 Å². The van der Waals surface area contributed by atoms with Crippen molar-refractivity contribution >= 4 is 11.6 Å². The van der Waals surface area contributed by atoms with E-state index in [1.165, 1.54) is 12.7 Å². The number of aromatic nitrogens is 2. The summed E-state index contributed by atoms with van der Waals surface area (Å²) < 4.78 is 0. The van der Waals surface area contributed by atoms with Gasteiger partial charge in [-0.15, -0.1) is 0 Å². The van der Waals surface area contributed by atoms with Crippen LogP contribution in [0.1, 0.15) is 31.2 Å². The van der Waals surface area contributed by atoms with E-state index in [-0.39, 0.29) is 12.6 Å². The van der Waals surface area contributed by atoms with Crippen molar-refractivity contribution in [1.82, 2.24) is 9.97 Å². The average Bonchev–Trinajstić information content (AvgIpc) is 2.64. The van der Waals surface area contributed by atoms with Crippen molar-refractivity contribution in [2.75, 3.05) is 23.5 Å². The lowest BCUT2D eigenvalue weighted by atomic mass is 10.1. The summed E-state index contributed by atoms with van der Waals surface area (Å²) in [5, 5.41) is 9.54. The number of hydrazine groups is 1. The predicted octanol–water partition coefficient (Wildman–Crippen LogP) is 0.812. The summed E-state index contributed by atoms with van der Waals surface area (Å²) in [5.41, 5.74) is 3.51. The van der Waals surface area contributed by atoms with Crippen LogP contribution in [0.4, 0.5) is 11.6 Å². The lowest BCUT2D eigenvalue weighted by molar-refractivity contribution is 0.254. The van der Waals surface area contributed by atoms with Crippen molar-refractivity contribution in [1.29, 1.82) is 0 Å². The van der Waals surface area contributed by atoms with E-state index >= 15 is 0 Å². The van der Waals surface area contributed by atoms with Crippen LogP contribution in [0.15, 0.2) is 6.33 Å². The van der Waals surface area contributed by atoms with Crippen molar-refractivity contribution in [2.24, 2.45) is 5.84 Å². The summed E-state index contributed by atoms with van der Waals surface area (Å²) >= 11 is 0. The Morgan fingerprint density at radius 3 is 3.00 bits per heavy atom. The summed E-state index contributed by atoms with van der Waals surface area (Å²) in [6.45, 7) is 3.03. The first-order valence-electron chi connectivity index (χ1n) is 6.43. The first kappa shape index (κ1) is 13.0. The van der Waals surface area contributed by atoms with Gasteiger partial charge in [0.05, 0.1) is 12.6 Å². The second-order valence-corrected chi connectivity index (χ2v) is 4.69. The monoisotopic (exact) mass is 251 g/mol. The molecular formula is C12H21N5O. The standard InChI is InChI=1S/C12H21N5O/c1-9-11(16-13)14-8-15-12(9)17-6-4-2-3-5-10(17)7-18/h8,10,18H,2-7,13H2,1H3,(H,14,15,16). The number of hydrogen-bond acceptors (Lipinski definition) is 6. The second-order valence-electron chi connectivity index (χ2n) is 4.69. The molecule has 1 fully saturated rings. The predicted molar refractivity (Wildman–Crippen MR) is 71.3 cm³/mol. The minimum absolute atomic E-state index is 0.145. The normalized spacial score (nSPS) is 20.6. The fourth-order valence-corrected chi connectivity index (χ4v) is 2.52. The molecular weight excluding hydrogens is 230 g/mol. The molecule has 1 aromatic rings. The Balaban J connectivity index is 2.32. The lowest BCUT2D eigenvalue weighted by Crippen LogP contribution is -2.38. The molecule has 1 aliphatic rings. The Kier molecular flexibility index (Phi) is 4.33. The van der Waals surface area contributed by atoms with Crippen LogP contribution in [0.25, 0.3) is 0 Å². The first-order chi connectivity index (χ1) is 8.77. The number of aliphatic hydroxyl groups is 1. The highest BCUT2D eigenvalue weighted by molar-refractivity contribution is 5.58.